The predicted molar refractivity (Wildman–Crippen MR) is 57.0 cm³/mol. The number of hydrogen-bond acceptors (Lipinski definition) is 5. The van der Waals surface area contributed by atoms with Crippen LogP contribution in [-0.4, -0.2) is 31.1 Å². The van der Waals surface area contributed by atoms with Gasteiger partial charge >= 0.3 is 0 Å². The van der Waals surface area contributed by atoms with Crippen LogP contribution in [0.1, 0.15) is 5.56 Å². The number of hydrogen-bond donors (Lipinski definition) is 0. The minimum Gasteiger partial charge on any atom is -0.496 e. The fourth-order valence-electron chi connectivity index (χ4n) is 1.47. The van der Waals surface area contributed by atoms with Crippen molar-refractivity contribution in [1.82, 2.24) is 0 Å². The Balaban J connectivity index is 2.46. The Morgan fingerprint density at radius 1 is 1.56 bits per heavy atom. The molecule has 0 N–H and O–H groups in total. The first-order valence-corrected chi connectivity index (χ1v) is 4.72. The maximum Gasteiger partial charge on any atom is 0.270 e. The van der Waals surface area contributed by atoms with Gasteiger partial charge in [0.2, 0.25) is 5.90 Å². The third-order valence-electron chi connectivity index (χ3n) is 2.21. The van der Waals surface area contributed by atoms with Gasteiger partial charge in [-0.1, -0.05) is 0 Å². The van der Waals surface area contributed by atoms with E-state index in [1.165, 1.54) is 25.3 Å². The minimum absolute atomic E-state index is 0.00556. The van der Waals surface area contributed by atoms with Gasteiger partial charge in [0, 0.05) is 12.1 Å². The number of rotatable bonds is 3. The van der Waals surface area contributed by atoms with Crippen LogP contribution in [0.2, 0.25) is 0 Å². The standard InChI is InChI=1S/C10H10N2O4/c1-15-9-3-2-7(12(13)14)6-8(9)10-11-4-5-16-10/h2-3,6H,4-5H2,1H3. The molecule has 1 aromatic carbocycles. The number of nitro groups is 1. The third kappa shape index (κ3) is 1.81. The average molecular weight is 222 g/mol. The number of nitrogens with zero attached hydrogens (tertiary/aromatic N) is 2. The van der Waals surface area contributed by atoms with E-state index in [0.29, 0.717) is 30.4 Å². The smallest absolute Gasteiger partial charge is 0.270 e. The van der Waals surface area contributed by atoms with Gasteiger partial charge < -0.3 is 9.47 Å². The highest BCUT2D eigenvalue weighted by Gasteiger charge is 2.19. The van der Waals surface area contributed by atoms with Crippen molar-refractivity contribution in [1.29, 1.82) is 0 Å². The Kier molecular flexibility index (Phi) is 2.72. The molecule has 0 saturated heterocycles. The molecule has 0 unspecified atom stereocenters. The minimum atomic E-state index is -0.460. The van der Waals surface area contributed by atoms with E-state index in [0.717, 1.165) is 0 Å². The topological polar surface area (TPSA) is 74.0 Å². The van der Waals surface area contributed by atoms with Gasteiger partial charge in [-0.3, -0.25) is 10.1 Å². The van der Waals surface area contributed by atoms with Crippen molar-refractivity contribution in [3.05, 3.63) is 33.9 Å². The first-order valence-electron chi connectivity index (χ1n) is 4.72. The molecule has 0 radical (unpaired) electrons. The number of benzene rings is 1. The van der Waals surface area contributed by atoms with Crippen LogP contribution in [0.4, 0.5) is 5.69 Å². The lowest BCUT2D eigenvalue weighted by Gasteiger charge is -2.07. The van der Waals surface area contributed by atoms with Gasteiger partial charge in [-0.2, -0.15) is 0 Å². The van der Waals surface area contributed by atoms with Gasteiger partial charge in [-0.05, 0) is 6.07 Å². The van der Waals surface area contributed by atoms with Crippen molar-refractivity contribution in [2.24, 2.45) is 4.99 Å². The molecule has 0 fully saturated rings. The average Bonchev–Trinajstić information content (AvgIpc) is 2.81. The lowest BCUT2D eigenvalue weighted by Crippen LogP contribution is -2.04. The highest BCUT2D eigenvalue weighted by Crippen LogP contribution is 2.25. The van der Waals surface area contributed by atoms with Crippen molar-refractivity contribution in [2.45, 2.75) is 0 Å². The Labute approximate surface area is 91.7 Å². The summed E-state index contributed by atoms with van der Waals surface area (Å²) in [5, 5.41) is 10.7. The van der Waals surface area contributed by atoms with E-state index in [1.54, 1.807) is 0 Å². The number of aliphatic imine (C=N–C) groups is 1. The number of nitro benzene ring substituents is 1. The van der Waals surface area contributed by atoms with E-state index in [-0.39, 0.29) is 5.69 Å². The largest absolute Gasteiger partial charge is 0.496 e. The maximum atomic E-state index is 10.7. The summed E-state index contributed by atoms with van der Waals surface area (Å²) in [4.78, 5) is 14.3. The summed E-state index contributed by atoms with van der Waals surface area (Å²) in [6.45, 7) is 1.07. The third-order valence-corrected chi connectivity index (χ3v) is 2.21. The monoisotopic (exact) mass is 222 g/mol. The van der Waals surface area contributed by atoms with E-state index in [2.05, 4.69) is 4.99 Å². The van der Waals surface area contributed by atoms with Gasteiger partial charge in [-0.25, -0.2) is 4.99 Å². The molecule has 0 amide bonds. The van der Waals surface area contributed by atoms with Gasteiger partial charge in [-0.15, -0.1) is 0 Å². The molecular formula is C10H10N2O4. The second-order valence-electron chi connectivity index (χ2n) is 3.18. The summed E-state index contributed by atoms with van der Waals surface area (Å²) in [6, 6.07) is 4.33. The summed E-state index contributed by atoms with van der Waals surface area (Å²) in [5.41, 5.74) is 0.517. The van der Waals surface area contributed by atoms with Crippen LogP contribution in [-0.2, 0) is 4.74 Å². The number of methoxy groups -OCH3 is 1. The maximum absolute atomic E-state index is 10.7. The molecule has 0 bridgehead atoms. The zero-order valence-electron chi connectivity index (χ0n) is 8.67. The Hall–Kier alpha value is -2.11. The second kappa shape index (κ2) is 4.18. The first kappa shape index (κ1) is 10.4. The van der Waals surface area contributed by atoms with Crippen LogP contribution < -0.4 is 4.74 Å². The van der Waals surface area contributed by atoms with Crippen molar-refractivity contribution < 1.29 is 14.4 Å². The number of non-ortho nitro benzene ring substituents is 1. The summed E-state index contributed by atoms with van der Waals surface area (Å²) in [6.07, 6.45) is 0. The Morgan fingerprint density at radius 2 is 2.38 bits per heavy atom. The highest BCUT2D eigenvalue weighted by molar-refractivity contribution is 5.98. The van der Waals surface area contributed by atoms with E-state index >= 15 is 0 Å². The van der Waals surface area contributed by atoms with Gasteiger partial charge in [0.15, 0.2) is 0 Å². The van der Waals surface area contributed by atoms with Crippen LogP contribution in [0.25, 0.3) is 0 Å². The summed E-state index contributed by atoms with van der Waals surface area (Å²) < 4.78 is 10.4. The number of ether oxygens (including phenoxy) is 2. The molecule has 6 heteroatoms. The normalized spacial score (nSPS) is 14.2. The van der Waals surface area contributed by atoms with Crippen molar-refractivity contribution in [2.75, 3.05) is 20.3 Å². The lowest BCUT2D eigenvalue weighted by molar-refractivity contribution is -0.384. The molecule has 0 saturated carbocycles. The van der Waals surface area contributed by atoms with Crippen molar-refractivity contribution >= 4 is 11.6 Å². The van der Waals surface area contributed by atoms with Crippen molar-refractivity contribution in [3.63, 3.8) is 0 Å². The van der Waals surface area contributed by atoms with Crippen LogP contribution in [0.5, 0.6) is 5.75 Å². The quantitative estimate of drug-likeness (QED) is 0.572. The Bertz CT molecular complexity index is 456. The first-order chi connectivity index (χ1) is 7.72. The van der Waals surface area contributed by atoms with E-state index in [1.807, 2.05) is 0 Å². The molecule has 0 aliphatic carbocycles. The molecule has 1 aliphatic rings. The zero-order chi connectivity index (χ0) is 11.5. The van der Waals surface area contributed by atoms with Gasteiger partial charge in [0.25, 0.3) is 5.69 Å². The molecule has 2 rings (SSSR count). The lowest BCUT2D eigenvalue weighted by atomic mass is 10.1. The molecule has 1 heterocycles. The second-order valence-corrected chi connectivity index (χ2v) is 3.18. The van der Waals surface area contributed by atoms with E-state index < -0.39 is 4.92 Å². The van der Waals surface area contributed by atoms with Gasteiger partial charge in [0.1, 0.15) is 12.4 Å². The van der Waals surface area contributed by atoms with Crippen LogP contribution in [0.3, 0.4) is 0 Å². The molecule has 0 atom stereocenters. The fraction of sp³-hybridized carbons (Fsp3) is 0.300. The van der Waals surface area contributed by atoms with Gasteiger partial charge in [0.05, 0.1) is 24.1 Å². The van der Waals surface area contributed by atoms with E-state index in [4.69, 9.17) is 9.47 Å². The molecular weight excluding hydrogens is 212 g/mol. The SMILES string of the molecule is COc1ccc([N+](=O)[O-])cc1C1=NCCO1. The van der Waals surface area contributed by atoms with Crippen LogP contribution in [0, 0.1) is 10.1 Å². The predicted octanol–water partition coefficient (Wildman–Crippen LogP) is 1.38. The Morgan fingerprint density at radius 3 is 2.94 bits per heavy atom. The summed E-state index contributed by atoms with van der Waals surface area (Å²) >= 11 is 0. The fourth-order valence-corrected chi connectivity index (χ4v) is 1.47. The summed E-state index contributed by atoms with van der Waals surface area (Å²) in [7, 11) is 1.50. The molecule has 84 valence electrons. The molecule has 1 aromatic rings. The zero-order valence-corrected chi connectivity index (χ0v) is 8.67. The van der Waals surface area contributed by atoms with Crippen molar-refractivity contribution in [3.8, 4) is 5.75 Å². The van der Waals surface area contributed by atoms with Crippen LogP contribution >= 0.6 is 0 Å². The van der Waals surface area contributed by atoms with E-state index in [9.17, 15) is 10.1 Å². The molecule has 6 nitrogen and oxygen atoms in total. The molecule has 0 aromatic heterocycles. The molecule has 16 heavy (non-hydrogen) atoms. The summed E-state index contributed by atoms with van der Waals surface area (Å²) in [5.74, 6) is 0.923. The molecule has 0 spiro atoms. The molecule has 1 aliphatic heterocycles. The highest BCUT2D eigenvalue weighted by atomic mass is 16.6. The van der Waals surface area contributed by atoms with Crippen LogP contribution in [0.15, 0.2) is 23.2 Å².